The van der Waals surface area contributed by atoms with Crippen LogP contribution in [0, 0.1) is 11.3 Å². The molecule has 23 heavy (non-hydrogen) atoms. The van der Waals surface area contributed by atoms with E-state index < -0.39 is 6.10 Å². The summed E-state index contributed by atoms with van der Waals surface area (Å²) in [6.45, 7) is 3.53. The molecule has 2 rings (SSSR count). The van der Waals surface area contributed by atoms with Crippen LogP contribution in [-0.4, -0.2) is 22.2 Å². The SMILES string of the molecule is CCCC(C(O)C#N)N(Cc1ccccc1)Cc1ccccc1. The first-order valence-corrected chi connectivity index (χ1v) is 8.14. The highest BCUT2D eigenvalue weighted by Crippen LogP contribution is 2.19. The zero-order chi connectivity index (χ0) is 16.5. The van der Waals surface area contributed by atoms with Crippen LogP contribution in [-0.2, 0) is 13.1 Å². The van der Waals surface area contributed by atoms with Gasteiger partial charge in [0.25, 0.3) is 0 Å². The first-order chi connectivity index (χ1) is 11.2. The second kappa shape index (κ2) is 9.09. The van der Waals surface area contributed by atoms with Crippen molar-refractivity contribution in [1.82, 2.24) is 4.90 Å². The molecule has 2 atom stereocenters. The van der Waals surface area contributed by atoms with E-state index in [0.29, 0.717) is 0 Å². The molecule has 2 aromatic rings. The standard InChI is InChI=1S/C20H24N2O/c1-2-9-19(20(23)14-21)22(15-17-10-5-3-6-11-17)16-18-12-7-4-8-13-18/h3-8,10-13,19-20,23H,2,9,15-16H2,1H3. The molecule has 0 saturated carbocycles. The van der Waals surface area contributed by atoms with E-state index in [2.05, 4.69) is 36.1 Å². The van der Waals surface area contributed by atoms with Crippen molar-refractivity contribution < 1.29 is 5.11 Å². The maximum absolute atomic E-state index is 10.2. The van der Waals surface area contributed by atoms with Crippen LogP contribution >= 0.6 is 0 Å². The van der Waals surface area contributed by atoms with E-state index in [0.717, 1.165) is 25.9 Å². The van der Waals surface area contributed by atoms with Crippen molar-refractivity contribution in [2.75, 3.05) is 0 Å². The average molecular weight is 308 g/mol. The number of nitrogens with zero attached hydrogens (tertiary/aromatic N) is 2. The Morgan fingerprint density at radius 2 is 1.43 bits per heavy atom. The molecule has 3 heteroatoms. The van der Waals surface area contributed by atoms with E-state index in [4.69, 9.17) is 0 Å². The Hall–Kier alpha value is -2.15. The van der Waals surface area contributed by atoms with Gasteiger partial charge >= 0.3 is 0 Å². The van der Waals surface area contributed by atoms with Crippen LogP contribution in [0.15, 0.2) is 60.7 Å². The molecular formula is C20H24N2O. The minimum Gasteiger partial charge on any atom is -0.376 e. The minimum atomic E-state index is -0.970. The Labute approximate surface area is 138 Å². The lowest BCUT2D eigenvalue weighted by Gasteiger charge is -2.32. The first-order valence-electron chi connectivity index (χ1n) is 8.14. The Kier molecular flexibility index (Phi) is 6.80. The molecule has 0 heterocycles. The fraction of sp³-hybridized carbons (Fsp3) is 0.350. The molecule has 0 bridgehead atoms. The summed E-state index contributed by atoms with van der Waals surface area (Å²) >= 11 is 0. The number of aliphatic hydroxyl groups excluding tert-OH is 1. The Balaban J connectivity index is 2.23. The van der Waals surface area contributed by atoms with Crippen molar-refractivity contribution in [2.45, 2.75) is 45.0 Å². The predicted octanol–water partition coefficient (Wildman–Crippen LogP) is 3.74. The third-order valence-electron chi connectivity index (χ3n) is 4.01. The molecule has 0 radical (unpaired) electrons. The normalized spacial score (nSPS) is 13.5. The average Bonchev–Trinajstić information content (AvgIpc) is 2.60. The summed E-state index contributed by atoms with van der Waals surface area (Å²) in [5.74, 6) is 0. The second-order valence-corrected chi connectivity index (χ2v) is 5.81. The van der Waals surface area contributed by atoms with Gasteiger partial charge in [-0.15, -0.1) is 0 Å². The van der Waals surface area contributed by atoms with Gasteiger partial charge in [0.05, 0.1) is 6.07 Å². The fourth-order valence-electron chi connectivity index (χ4n) is 2.85. The minimum absolute atomic E-state index is 0.162. The van der Waals surface area contributed by atoms with E-state index in [1.54, 1.807) is 0 Å². The summed E-state index contributed by atoms with van der Waals surface area (Å²) in [6, 6.07) is 22.3. The topological polar surface area (TPSA) is 47.3 Å². The molecule has 0 spiro atoms. The van der Waals surface area contributed by atoms with Gasteiger partial charge in [-0.05, 0) is 17.5 Å². The van der Waals surface area contributed by atoms with Crippen LogP contribution in [0.2, 0.25) is 0 Å². The van der Waals surface area contributed by atoms with Crippen LogP contribution in [0.3, 0.4) is 0 Å². The van der Waals surface area contributed by atoms with Gasteiger partial charge in [0.2, 0.25) is 0 Å². The van der Waals surface area contributed by atoms with Crippen molar-refractivity contribution in [3.8, 4) is 6.07 Å². The highest BCUT2D eigenvalue weighted by Gasteiger charge is 2.25. The van der Waals surface area contributed by atoms with Gasteiger partial charge in [-0.3, -0.25) is 4.90 Å². The molecule has 0 amide bonds. The molecule has 0 saturated heterocycles. The van der Waals surface area contributed by atoms with E-state index in [-0.39, 0.29) is 6.04 Å². The van der Waals surface area contributed by atoms with Gasteiger partial charge in [0.1, 0.15) is 0 Å². The first kappa shape index (κ1) is 17.2. The second-order valence-electron chi connectivity index (χ2n) is 5.81. The van der Waals surface area contributed by atoms with Gasteiger partial charge in [0.15, 0.2) is 6.10 Å². The Morgan fingerprint density at radius 1 is 0.957 bits per heavy atom. The van der Waals surface area contributed by atoms with Crippen molar-refractivity contribution in [3.63, 3.8) is 0 Å². The van der Waals surface area contributed by atoms with Crippen molar-refractivity contribution in [1.29, 1.82) is 5.26 Å². The van der Waals surface area contributed by atoms with E-state index in [1.165, 1.54) is 11.1 Å². The highest BCUT2D eigenvalue weighted by atomic mass is 16.3. The molecular weight excluding hydrogens is 284 g/mol. The lowest BCUT2D eigenvalue weighted by molar-refractivity contribution is 0.0653. The highest BCUT2D eigenvalue weighted by molar-refractivity contribution is 5.17. The summed E-state index contributed by atoms with van der Waals surface area (Å²) in [6.07, 6.45) is 0.764. The zero-order valence-corrected chi connectivity index (χ0v) is 13.6. The summed E-state index contributed by atoms with van der Waals surface area (Å²) in [5, 5.41) is 19.4. The number of nitriles is 1. The van der Waals surface area contributed by atoms with Crippen LogP contribution in [0.1, 0.15) is 30.9 Å². The van der Waals surface area contributed by atoms with Crippen LogP contribution in [0.25, 0.3) is 0 Å². The fourth-order valence-corrected chi connectivity index (χ4v) is 2.85. The van der Waals surface area contributed by atoms with Crippen LogP contribution in [0.4, 0.5) is 0 Å². The summed E-state index contributed by atoms with van der Waals surface area (Å²) < 4.78 is 0. The molecule has 1 N–H and O–H groups in total. The van der Waals surface area contributed by atoms with E-state index in [1.807, 2.05) is 42.5 Å². The molecule has 2 aromatic carbocycles. The van der Waals surface area contributed by atoms with Crippen LogP contribution in [0.5, 0.6) is 0 Å². The van der Waals surface area contributed by atoms with Gasteiger partial charge in [-0.25, -0.2) is 0 Å². The maximum Gasteiger partial charge on any atom is 0.155 e. The lowest BCUT2D eigenvalue weighted by atomic mass is 10.0. The van der Waals surface area contributed by atoms with Crippen molar-refractivity contribution in [2.24, 2.45) is 0 Å². The maximum atomic E-state index is 10.2. The largest absolute Gasteiger partial charge is 0.376 e. The summed E-state index contributed by atoms with van der Waals surface area (Å²) in [4.78, 5) is 2.21. The number of benzene rings is 2. The molecule has 0 fully saturated rings. The monoisotopic (exact) mass is 308 g/mol. The van der Waals surface area contributed by atoms with Gasteiger partial charge in [-0.2, -0.15) is 5.26 Å². The zero-order valence-electron chi connectivity index (χ0n) is 13.6. The third-order valence-corrected chi connectivity index (χ3v) is 4.01. The van der Waals surface area contributed by atoms with Crippen LogP contribution < -0.4 is 0 Å². The summed E-state index contributed by atoms with van der Waals surface area (Å²) in [5.41, 5.74) is 2.38. The molecule has 0 aliphatic heterocycles. The molecule has 120 valence electrons. The van der Waals surface area contributed by atoms with E-state index >= 15 is 0 Å². The van der Waals surface area contributed by atoms with Crippen molar-refractivity contribution >= 4 is 0 Å². The number of hydrogen-bond acceptors (Lipinski definition) is 3. The Morgan fingerprint density at radius 3 is 1.83 bits per heavy atom. The predicted molar refractivity (Wildman–Crippen MR) is 92.4 cm³/mol. The smallest absolute Gasteiger partial charge is 0.155 e. The number of rotatable bonds is 8. The van der Waals surface area contributed by atoms with Gasteiger partial charge in [0, 0.05) is 19.1 Å². The van der Waals surface area contributed by atoms with Crippen molar-refractivity contribution in [3.05, 3.63) is 71.8 Å². The van der Waals surface area contributed by atoms with E-state index in [9.17, 15) is 10.4 Å². The molecule has 3 nitrogen and oxygen atoms in total. The quantitative estimate of drug-likeness (QED) is 0.756. The molecule has 0 aliphatic rings. The number of aliphatic hydroxyl groups is 1. The third kappa shape index (κ3) is 5.21. The molecule has 2 unspecified atom stereocenters. The number of hydrogen-bond donors (Lipinski definition) is 1. The Bertz CT molecular complexity index is 565. The van der Waals surface area contributed by atoms with Gasteiger partial charge < -0.3 is 5.11 Å². The van der Waals surface area contributed by atoms with Gasteiger partial charge in [-0.1, -0.05) is 74.0 Å². The molecule has 0 aliphatic carbocycles. The lowest BCUT2D eigenvalue weighted by Crippen LogP contribution is -2.42. The summed E-state index contributed by atoms with van der Waals surface area (Å²) in [7, 11) is 0. The molecule has 0 aromatic heterocycles.